The molecular formula is C12H15FN4. The van der Waals surface area contributed by atoms with Gasteiger partial charge in [0.25, 0.3) is 0 Å². The largest absolute Gasteiger partial charge is 0.328 e. The molecule has 1 unspecified atom stereocenters. The Morgan fingerprint density at radius 1 is 1.41 bits per heavy atom. The summed E-state index contributed by atoms with van der Waals surface area (Å²) in [6.07, 6.45) is 0.586. The van der Waals surface area contributed by atoms with Gasteiger partial charge in [-0.3, -0.25) is 0 Å². The minimum absolute atomic E-state index is 0.00845. The van der Waals surface area contributed by atoms with E-state index in [1.165, 1.54) is 6.07 Å². The lowest BCUT2D eigenvalue weighted by Gasteiger charge is -2.00. The molecule has 4 nitrogen and oxygen atoms in total. The van der Waals surface area contributed by atoms with Crippen LogP contribution in [0, 0.1) is 5.82 Å². The molecule has 1 aromatic carbocycles. The van der Waals surface area contributed by atoms with Crippen molar-refractivity contribution in [1.29, 1.82) is 0 Å². The van der Waals surface area contributed by atoms with Crippen molar-refractivity contribution in [3.8, 4) is 11.4 Å². The summed E-state index contributed by atoms with van der Waals surface area (Å²) in [5.41, 5.74) is 6.15. The second-order valence-corrected chi connectivity index (χ2v) is 4.14. The van der Waals surface area contributed by atoms with Gasteiger partial charge in [-0.05, 0) is 19.1 Å². The van der Waals surface area contributed by atoms with Crippen molar-refractivity contribution >= 4 is 0 Å². The molecule has 0 aliphatic carbocycles. The Balaban J connectivity index is 2.40. The summed E-state index contributed by atoms with van der Waals surface area (Å²) < 4.78 is 15.2. The van der Waals surface area contributed by atoms with Gasteiger partial charge in [0.15, 0.2) is 11.6 Å². The molecular weight excluding hydrogens is 219 g/mol. The Bertz CT molecular complexity index is 519. The van der Waals surface area contributed by atoms with Crippen LogP contribution in [0.1, 0.15) is 12.7 Å². The average Bonchev–Trinajstić information content (AvgIpc) is 2.59. The zero-order valence-electron chi connectivity index (χ0n) is 9.89. The summed E-state index contributed by atoms with van der Waals surface area (Å²) in [6, 6.07) is 6.52. The molecule has 0 saturated heterocycles. The maximum absolute atomic E-state index is 13.6. The van der Waals surface area contributed by atoms with E-state index in [-0.39, 0.29) is 11.9 Å². The number of rotatable bonds is 3. The van der Waals surface area contributed by atoms with E-state index in [9.17, 15) is 4.39 Å². The summed E-state index contributed by atoms with van der Waals surface area (Å²) in [4.78, 5) is 4.31. The second-order valence-electron chi connectivity index (χ2n) is 4.14. The molecule has 17 heavy (non-hydrogen) atoms. The number of halogens is 1. The lowest BCUT2D eigenvalue weighted by atomic mass is 10.2. The number of nitrogens with zero attached hydrogens (tertiary/aromatic N) is 3. The molecule has 1 heterocycles. The highest BCUT2D eigenvalue weighted by Crippen LogP contribution is 2.20. The normalized spacial score (nSPS) is 12.7. The van der Waals surface area contributed by atoms with Crippen molar-refractivity contribution in [2.24, 2.45) is 12.8 Å². The first-order chi connectivity index (χ1) is 8.08. The molecule has 2 N–H and O–H groups in total. The molecule has 0 bridgehead atoms. The fourth-order valence-electron chi connectivity index (χ4n) is 1.69. The topological polar surface area (TPSA) is 56.7 Å². The van der Waals surface area contributed by atoms with Gasteiger partial charge in [0, 0.05) is 19.5 Å². The molecule has 0 saturated carbocycles. The Morgan fingerprint density at radius 3 is 2.76 bits per heavy atom. The highest BCUT2D eigenvalue weighted by molar-refractivity contribution is 5.55. The van der Waals surface area contributed by atoms with Crippen LogP contribution in [0.25, 0.3) is 11.4 Å². The first kappa shape index (κ1) is 11.7. The van der Waals surface area contributed by atoms with Crippen LogP contribution < -0.4 is 5.73 Å². The SMILES string of the molecule is CC(N)Cc1nc(-c2ccccc2F)n(C)n1. The number of aryl methyl sites for hydroxylation is 1. The van der Waals surface area contributed by atoms with Crippen molar-refractivity contribution in [3.05, 3.63) is 35.9 Å². The quantitative estimate of drug-likeness (QED) is 0.875. The maximum atomic E-state index is 13.6. The van der Waals surface area contributed by atoms with Gasteiger partial charge in [0.05, 0.1) is 5.56 Å². The van der Waals surface area contributed by atoms with Gasteiger partial charge < -0.3 is 5.73 Å². The van der Waals surface area contributed by atoms with Crippen molar-refractivity contribution in [3.63, 3.8) is 0 Å². The van der Waals surface area contributed by atoms with Crippen LogP contribution in [0.4, 0.5) is 4.39 Å². The third-order valence-corrected chi connectivity index (χ3v) is 2.43. The summed E-state index contributed by atoms with van der Waals surface area (Å²) in [6.45, 7) is 1.89. The lowest BCUT2D eigenvalue weighted by molar-refractivity contribution is 0.627. The molecule has 0 aliphatic rings. The summed E-state index contributed by atoms with van der Waals surface area (Å²) >= 11 is 0. The van der Waals surface area contributed by atoms with Gasteiger partial charge in [-0.15, -0.1) is 0 Å². The molecule has 0 spiro atoms. The Hall–Kier alpha value is -1.75. The Kier molecular flexibility index (Phi) is 3.19. The van der Waals surface area contributed by atoms with E-state index in [2.05, 4.69) is 10.1 Å². The number of hydrogen-bond acceptors (Lipinski definition) is 3. The van der Waals surface area contributed by atoms with Crippen molar-refractivity contribution in [1.82, 2.24) is 14.8 Å². The minimum Gasteiger partial charge on any atom is -0.328 e. The number of aromatic nitrogens is 3. The van der Waals surface area contributed by atoms with Crippen LogP contribution in [0.15, 0.2) is 24.3 Å². The van der Waals surface area contributed by atoms with Crippen LogP contribution in [-0.2, 0) is 13.5 Å². The fourth-order valence-corrected chi connectivity index (χ4v) is 1.69. The van der Waals surface area contributed by atoms with Gasteiger partial charge >= 0.3 is 0 Å². The third kappa shape index (κ3) is 2.50. The molecule has 0 radical (unpaired) electrons. The molecule has 90 valence electrons. The molecule has 1 aromatic heterocycles. The molecule has 2 rings (SSSR count). The van der Waals surface area contributed by atoms with E-state index in [0.29, 0.717) is 23.6 Å². The van der Waals surface area contributed by atoms with Crippen molar-refractivity contribution in [2.75, 3.05) is 0 Å². The average molecular weight is 234 g/mol. The molecule has 1 atom stereocenters. The van der Waals surface area contributed by atoms with Crippen molar-refractivity contribution < 1.29 is 4.39 Å². The van der Waals surface area contributed by atoms with Gasteiger partial charge in [-0.2, -0.15) is 5.10 Å². The van der Waals surface area contributed by atoms with Crippen LogP contribution in [0.3, 0.4) is 0 Å². The predicted octanol–water partition coefficient (Wildman–Crippen LogP) is 1.51. The summed E-state index contributed by atoms with van der Waals surface area (Å²) in [7, 11) is 1.75. The van der Waals surface area contributed by atoms with E-state index in [1.54, 1.807) is 29.9 Å². The predicted molar refractivity (Wildman–Crippen MR) is 63.8 cm³/mol. The molecule has 0 amide bonds. The third-order valence-electron chi connectivity index (χ3n) is 2.43. The van der Waals surface area contributed by atoms with Gasteiger partial charge in [-0.25, -0.2) is 14.1 Å². The number of nitrogens with two attached hydrogens (primary N) is 1. The highest BCUT2D eigenvalue weighted by Gasteiger charge is 2.13. The van der Waals surface area contributed by atoms with E-state index in [4.69, 9.17) is 5.73 Å². The zero-order valence-corrected chi connectivity index (χ0v) is 9.89. The Morgan fingerprint density at radius 2 is 2.12 bits per heavy atom. The standard InChI is InChI=1S/C12H15FN4/c1-8(14)7-11-15-12(17(2)16-11)9-5-3-4-6-10(9)13/h3-6,8H,7,14H2,1-2H3. The molecule has 2 aromatic rings. The smallest absolute Gasteiger partial charge is 0.161 e. The maximum Gasteiger partial charge on any atom is 0.161 e. The van der Waals surface area contributed by atoms with Crippen molar-refractivity contribution in [2.45, 2.75) is 19.4 Å². The van der Waals surface area contributed by atoms with E-state index in [1.807, 2.05) is 6.92 Å². The van der Waals surface area contributed by atoms with Crippen LogP contribution in [-0.4, -0.2) is 20.8 Å². The first-order valence-corrected chi connectivity index (χ1v) is 5.48. The highest BCUT2D eigenvalue weighted by atomic mass is 19.1. The number of benzene rings is 1. The van der Waals surface area contributed by atoms with E-state index < -0.39 is 0 Å². The minimum atomic E-state index is -0.296. The molecule has 5 heteroatoms. The van der Waals surface area contributed by atoms with Crippen LogP contribution in [0.2, 0.25) is 0 Å². The monoisotopic (exact) mass is 234 g/mol. The summed E-state index contributed by atoms with van der Waals surface area (Å²) in [5.74, 6) is 0.870. The van der Waals surface area contributed by atoms with Crippen LogP contribution >= 0.6 is 0 Å². The summed E-state index contributed by atoms with van der Waals surface area (Å²) in [5, 5.41) is 4.23. The van der Waals surface area contributed by atoms with E-state index in [0.717, 1.165) is 0 Å². The van der Waals surface area contributed by atoms with Crippen LogP contribution in [0.5, 0.6) is 0 Å². The first-order valence-electron chi connectivity index (χ1n) is 5.48. The van der Waals surface area contributed by atoms with E-state index >= 15 is 0 Å². The molecule has 0 aliphatic heterocycles. The Labute approximate surface area is 99.3 Å². The fraction of sp³-hybridized carbons (Fsp3) is 0.333. The molecule has 0 fully saturated rings. The number of hydrogen-bond donors (Lipinski definition) is 1. The zero-order chi connectivity index (χ0) is 12.4. The second kappa shape index (κ2) is 4.63. The lowest BCUT2D eigenvalue weighted by Crippen LogP contribution is -2.18. The van der Waals surface area contributed by atoms with Gasteiger partial charge in [0.2, 0.25) is 0 Å². The van der Waals surface area contributed by atoms with Gasteiger partial charge in [0.1, 0.15) is 5.82 Å². The van der Waals surface area contributed by atoms with Gasteiger partial charge in [-0.1, -0.05) is 12.1 Å².